The molecule has 0 saturated carbocycles. The smallest absolute Gasteiger partial charge is 0.136 e. The van der Waals surface area contributed by atoms with Crippen LogP contribution in [0.2, 0.25) is 0 Å². The lowest BCUT2D eigenvalue weighted by Crippen LogP contribution is -2.39. The number of aryl methyl sites for hydroxylation is 1. The van der Waals surface area contributed by atoms with Gasteiger partial charge in [-0.1, -0.05) is 145 Å². The predicted molar refractivity (Wildman–Crippen MR) is 196 cm³/mol. The molecule has 0 aromatic heterocycles. The van der Waals surface area contributed by atoms with Crippen LogP contribution in [0.25, 0.3) is 54.6 Å². The maximum Gasteiger partial charge on any atom is 0.136 e. The molecular weight excluding hydrogens is 556 g/mol. The van der Waals surface area contributed by atoms with E-state index in [1.807, 2.05) is 0 Å². The van der Waals surface area contributed by atoms with Crippen LogP contribution < -0.4 is 4.90 Å². The Morgan fingerprint density at radius 2 is 1.09 bits per heavy atom. The molecule has 2 heteroatoms. The Labute approximate surface area is 269 Å². The first kappa shape index (κ1) is 26.7. The number of amidine groups is 1. The highest BCUT2D eigenvalue weighted by Crippen LogP contribution is 2.44. The van der Waals surface area contributed by atoms with Crippen molar-refractivity contribution in [3.63, 3.8) is 0 Å². The molecule has 46 heavy (non-hydrogen) atoms. The zero-order valence-electron chi connectivity index (χ0n) is 25.6. The molecule has 9 rings (SSSR count). The summed E-state index contributed by atoms with van der Waals surface area (Å²) in [7, 11) is 0. The highest BCUT2D eigenvalue weighted by Gasteiger charge is 2.35. The molecule has 2 aliphatic rings. The van der Waals surface area contributed by atoms with Gasteiger partial charge in [0.15, 0.2) is 0 Å². The molecule has 1 aliphatic carbocycles. The Morgan fingerprint density at radius 1 is 0.500 bits per heavy atom. The van der Waals surface area contributed by atoms with Crippen molar-refractivity contribution in [2.24, 2.45) is 4.99 Å². The van der Waals surface area contributed by atoms with Gasteiger partial charge in [0.25, 0.3) is 0 Å². The van der Waals surface area contributed by atoms with Gasteiger partial charge in [0, 0.05) is 11.3 Å². The normalized spacial score (nSPS) is 17.2. The van der Waals surface area contributed by atoms with Crippen LogP contribution in [0.3, 0.4) is 0 Å². The second kappa shape index (κ2) is 10.7. The Kier molecular flexibility index (Phi) is 6.21. The van der Waals surface area contributed by atoms with Crippen molar-refractivity contribution in [2.75, 3.05) is 4.90 Å². The van der Waals surface area contributed by atoms with E-state index in [9.17, 15) is 0 Å². The van der Waals surface area contributed by atoms with Crippen LogP contribution >= 0.6 is 0 Å². The molecular formula is C44H32N2. The van der Waals surface area contributed by atoms with Gasteiger partial charge in [-0.15, -0.1) is 0 Å². The van der Waals surface area contributed by atoms with Crippen molar-refractivity contribution < 1.29 is 0 Å². The van der Waals surface area contributed by atoms with Gasteiger partial charge in [0.1, 0.15) is 5.84 Å². The van der Waals surface area contributed by atoms with E-state index in [-0.39, 0.29) is 12.1 Å². The number of anilines is 1. The van der Waals surface area contributed by atoms with E-state index >= 15 is 0 Å². The quantitative estimate of drug-likeness (QED) is 0.187. The summed E-state index contributed by atoms with van der Waals surface area (Å²) in [5.74, 6) is 1.01. The lowest BCUT2D eigenvalue weighted by atomic mass is 9.85. The second-order valence-corrected chi connectivity index (χ2v) is 12.4. The molecule has 0 saturated heterocycles. The van der Waals surface area contributed by atoms with Gasteiger partial charge in [0.2, 0.25) is 0 Å². The third kappa shape index (κ3) is 4.29. The second-order valence-electron chi connectivity index (χ2n) is 12.4. The number of hydrogen-bond donors (Lipinski definition) is 0. The van der Waals surface area contributed by atoms with E-state index in [1.165, 1.54) is 60.1 Å². The average molecular weight is 589 g/mol. The predicted octanol–water partition coefficient (Wildman–Crippen LogP) is 10.9. The minimum absolute atomic E-state index is 0.0932. The molecule has 7 aromatic carbocycles. The van der Waals surface area contributed by atoms with E-state index in [0.717, 1.165) is 17.1 Å². The number of allylic oxidation sites excluding steroid dienone is 2. The fourth-order valence-corrected chi connectivity index (χ4v) is 7.47. The standard InChI is InChI=1S/C44H32N2/c1-29-22-23-31-27-33(25-24-30(31)26-29)43-38-18-7-5-16-36(38)42(37-17-6-8-19-39(37)43)32-12-11-13-34(28-32)44-45-40-20-9-10-21-41(40)46(44)35-14-3-2-4-15-35/h2-28,40-41H,1H3. The highest BCUT2D eigenvalue weighted by molar-refractivity contribution is 6.22. The summed E-state index contributed by atoms with van der Waals surface area (Å²) in [6, 6.07) is 51.3. The molecule has 218 valence electrons. The molecule has 0 radical (unpaired) electrons. The topological polar surface area (TPSA) is 15.6 Å². The largest absolute Gasteiger partial charge is 0.317 e. The lowest BCUT2D eigenvalue weighted by molar-refractivity contribution is 0.739. The van der Waals surface area contributed by atoms with Crippen molar-refractivity contribution in [3.05, 3.63) is 175 Å². The van der Waals surface area contributed by atoms with Crippen LogP contribution in [0, 0.1) is 6.92 Å². The van der Waals surface area contributed by atoms with Crippen LogP contribution in [0.1, 0.15) is 11.1 Å². The van der Waals surface area contributed by atoms with E-state index in [2.05, 4.69) is 176 Å². The molecule has 0 fully saturated rings. The first-order valence-corrected chi connectivity index (χ1v) is 16.1. The first-order chi connectivity index (χ1) is 22.7. The van der Waals surface area contributed by atoms with Gasteiger partial charge in [-0.3, -0.25) is 4.99 Å². The summed E-state index contributed by atoms with van der Waals surface area (Å²) < 4.78 is 0. The fourth-order valence-electron chi connectivity index (χ4n) is 7.47. The Hall–Kier alpha value is -5.73. The summed E-state index contributed by atoms with van der Waals surface area (Å²) in [4.78, 5) is 7.68. The number of aliphatic imine (C=N–C) groups is 1. The van der Waals surface area contributed by atoms with Gasteiger partial charge in [-0.2, -0.15) is 0 Å². The summed E-state index contributed by atoms with van der Waals surface area (Å²) in [5.41, 5.74) is 8.55. The van der Waals surface area contributed by atoms with E-state index in [0.29, 0.717) is 0 Å². The lowest BCUT2D eigenvalue weighted by Gasteiger charge is -2.29. The van der Waals surface area contributed by atoms with Crippen molar-refractivity contribution in [3.8, 4) is 22.3 Å². The SMILES string of the molecule is Cc1ccc2cc(-c3c4ccccc4c(-c4cccc(C5=NC6C=CC=CC6N5c5ccccc5)c4)c4ccccc34)ccc2c1. The van der Waals surface area contributed by atoms with Crippen molar-refractivity contribution >= 4 is 43.8 Å². The van der Waals surface area contributed by atoms with Crippen LogP contribution in [-0.4, -0.2) is 17.9 Å². The zero-order valence-corrected chi connectivity index (χ0v) is 25.6. The molecule has 7 aromatic rings. The van der Waals surface area contributed by atoms with Gasteiger partial charge in [-0.25, -0.2) is 0 Å². The van der Waals surface area contributed by atoms with Crippen LogP contribution in [0.15, 0.2) is 169 Å². The van der Waals surface area contributed by atoms with Crippen LogP contribution in [0.5, 0.6) is 0 Å². The minimum atomic E-state index is 0.0932. The van der Waals surface area contributed by atoms with E-state index in [4.69, 9.17) is 4.99 Å². The van der Waals surface area contributed by atoms with Gasteiger partial charge >= 0.3 is 0 Å². The van der Waals surface area contributed by atoms with Crippen molar-refractivity contribution in [1.82, 2.24) is 0 Å². The van der Waals surface area contributed by atoms with Crippen molar-refractivity contribution in [1.29, 1.82) is 0 Å². The Balaban J connectivity index is 1.25. The number of nitrogens with zero attached hydrogens (tertiary/aromatic N) is 2. The summed E-state index contributed by atoms with van der Waals surface area (Å²) in [5, 5.41) is 7.57. The van der Waals surface area contributed by atoms with Gasteiger partial charge in [0.05, 0.1) is 12.1 Å². The van der Waals surface area contributed by atoms with Gasteiger partial charge in [-0.05, 0) is 85.8 Å². The fraction of sp³-hybridized carbons (Fsp3) is 0.0682. The van der Waals surface area contributed by atoms with Gasteiger partial charge < -0.3 is 4.90 Å². The monoisotopic (exact) mass is 588 g/mol. The molecule has 0 bridgehead atoms. The highest BCUT2D eigenvalue weighted by atomic mass is 15.3. The molecule has 2 unspecified atom stereocenters. The summed E-state index contributed by atoms with van der Waals surface area (Å²) in [6.45, 7) is 2.15. The molecule has 1 aliphatic heterocycles. The Morgan fingerprint density at radius 3 is 1.80 bits per heavy atom. The third-order valence-electron chi connectivity index (χ3n) is 9.53. The molecule has 0 amide bonds. The molecule has 0 N–H and O–H groups in total. The van der Waals surface area contributed by atoms with E-state index in [1.54, 1.807) is 0 Å². The first-order valence-electron chi connectivity index (χ1n) is 16.1. The number of hydrogen-bond acceptors (Lipinski definition) is 2. The molecule has 1 heterocycles. The maximum absolute atomic E-state index is 5.29. The van der Waals surface area contributed by atoms with Crippen LogP contribution in [0.4, 0.5) is 5.69 Å². The molecule has 2 atom stereocenters. The summed E-state index contributed by atoms with van der Waals surface area (Å²) in [6.07, 6.45) is 8.74. The minimum Gasteiger partial charge on any atom is -0.317 e. The number of rotatable bonds is 4. The number of fused-ring (bicyclic) bond motifs is 4. The third-order valence-corrected chi connectivity index (χ3v) is 9.53. The zero-order chi connectivity index (χ0) is 30.6. The van der Waals surface area contributed by atoms with Crippen LogP contribution in [-0.2, 0) is 0 Å². The number of para-hydroxylation sites is 1. The average Bonchev–Trinajstić information content (AvgIpc) is 3.51. The molecule has 0 spiro atoms. The summed E-state index contributed by atoms with van der Waals surface area (Å²) >= 11 is 0. The maximum atomic E-state index is 5.29. The number of benzene rings is 7. The van der Waals surface area contributed by atoms with E-state index < -0.39 is 0 Å². The molecule has 2 nitrogen and oxygen atoms in total. The van der Waals surface area contributed by atoms with Crippen molar-refractivity contribution in [2.45, 2.75) is 19.0 Å². The Bertz CT molecular complexity index is 2340.